The predicted octanol–water partition coefficient (Wildman–Crippen LogP) is 3.55. The largest absolute Gasteiger partial charge is 0.486 e. The van der Waals surface area contributed by atoms with Crippen LogP contribution in [0.5, 0.6) is 11.5 Å². The number of halogens is 1. The predicted molar refractivity (Wildman–Crippen MR) is 94.9 cm³/mol. The van der Waals surface area contributed by atoms with E-state index >= 15 is 0 Å². The van der Waals surface area contributed by atoms with Gasteiger partial charge in [0.2, 0.25) is 5.78 Å². The number of ketones is 1. The highest BCUT2D eigenvalue weighted by atomic mass is 35.5. The van der Waals surface area contributed by atoms with E-state index in [1.165, 1.54) is 13.2 Å². The van der Waals surface area contributed by atoms with Crippen molar-refractivity contribution in [1.29, 1.82) is 0 Å². The van der Waals surface area contributed by atoms with Crippen LogP contribution in [0.25, 0.3) is 6.08 Å². The third kappa shape index (κ3) is 6.69. The number of ether oxygens (including phenoxy) is 3. The van der Waals surface area contributed by atoms with E-state index in [1.807, 2.05) is 0 Å². The van der Waals surface area contributed by atoms with Crippen molar-refractivity contribution in [3.63, 3.8) is 0 Å². The van der Waals surface area contributed by atoms with Crippen LogP contribution in [0.2, 0.25) is 5.02 Å². The summed E-state index contributed by atoms with van der Waals surface area (Å²) in [5, 5.41) is 0.604. The summed E-state index contributed by atoms with van der Waals surface area (Å²) in [6, 6.07) is 13.7. The van der Waals surface area contributed by atoms with Crippen LogP contribution in [0.15, 0.2) is 54.6 Å². The Balaban J connectivity index is 1.76. The first-order chi connectivity index (χ1) is 12.1. The highest BCUT2D eigenvalue weighted by molar-refractivity contribution is 6.30. The average molecular weight is 361 g/mol. The lowest BCUT2D eigenvalue weighted by Gasteiger charge is -2.07. The summed E-state index contributed by atoms with van der Waals surface area (Å²) in [7, 11) is 1.32. The zero-order valence-corrected chi connectivity index (χ0v) is 14.4. The van der Waals surface area contributed by atoms with Crippen molar-refractivity contribution in [3.05, 3.63) is 65.2 Å². The Labute approximate surface area is 150 Å². The maximum absolute atomic E-state index is 11.8. The van der Waals surface area contributed by atoms with Gasteiger partial charge in [-0.1, -0.05) is 23.7 Å². The van der Waals surface area contributed by atoms with E-state index in [0.717, 1.165) is 5.56 Å². The lowest BCUT2D eigenvalue weighted by Crippen LogP contribution is -2.19. The SMILES string of the molecule is COC(=O)C=Cc1ccc(OCC(=O)COc2ccc(Cl)cc2)cc1. The molecule has 0 bridgehead atoms. The first kappa shape index (κ1) is 18.5. The van der Waals surface area contributed by atoms with Crippen LogP contribution < -0.4 is 9.47 Å². The molecular formula is C19H17ClO5. The van der Waals surface area contributed by atoms with Gasteiger partial charge in [-0.25, -0.2) is 4.79 Å². The normalized spacial score (nSPS) is 10.5. The number of hydrogen-bond donors (Lipinski definition) is 0. The molecule has 0 aliphatic carbocycles. The molecule has 0 amide bonds. The number of hydrogen-bond acceptors (Lipinski definition) is 5. The fourth-order valence-electron chi connectivity index (χ4n) is 1.81. The third-order valence-corrected chi connectivity index (χ3v) is 3.36. The summed E-state index contributed by atoms with van der Waals surface area (Å²) < 4.78 is 15.3. The Bertz CT molecular complexity index is 735. The van der Waals surface area contributed by atoms with Gasteiger partial charge < -0.3 is 14.2 Å². The number of carbonyl (C=O) groups excluding carboxylic acids is 2. The Morgan fingerprint density at radius 2 is 1.44 bits per heavy atom. The first-order valence-electron chi connectivity index (χ1n) is 7.46. The van der Waals surface area contributed by atoms with Gasteiger partial charge >= 0.3 is 5.97 Å². The van der Waals surface area contributed by atoms with E-state index < -0.39 is 5.97 Å². The minimum Gasteiger partial charge on any atom is -0.486 e. The Morgan fingerprint density at radius 3 is 1.96 bits per heavy atom. The van der Waals surface area contributed by atoms with Gasteiger partial charge in [0, 0.05) is 11.1 Å². The summed E-state index contributed by atoms with van der Waals surface area (Å²) in [5.74, 6) is 0.505. The third-order valence-electron chi connectivity index (χ3n) is 3.11. The molecular weight excluding hydrogens is 344 g/mol. The molecule has 0 unspecified atom stereocenters. The molecule has 0 spiro atoms. The monoisotopic (exact) mass is 360 g/mol. The molecule has 2 aromatic carbocycles. The molecule has 0 atom stereocenters. The summed E-state index contributed by atoms with van der Waals surface area (Å²) in [6.45, 7) is -0.174. The van der Waals surface area contributed by atoms with Gasteiger partial charge in [0.15, 0.2) is 0 Å². The second kappa shape index (κ2) is 9.49. The molecule has 0 aliphatic heterocycles. The van der Waals surface area contributed by atoms with Crippen molar-refractivity contribution in [2.24, 2.45) is 0 Å². The van der Waals surface area contributed by atoms with E-state index in [-0.39, 0.29) is 19.0 Å². The van der Waals surface area contributed by atoms with Crippen LogP contribution in [-0.4, -0.2) is 32.1 Å². The smallest absolute Gasteiger partial charge is 0.330 e. The van der Waals surface area contributed by atoms with Crippen molar-refractivity contribution in [1.82, 2.24) is 0 Å². The molecule has 25 heavy (non-hydrogen) atoms. The van der Waals surface area contributed by atoms with Crippen molar-refractivity contribution in [2.75, 3.05) is 20.3 Å². The first-order valence-corrected chi connectivity index (χ1v) is 7.83. The fraction of sp³-hybridized carbons (Fsp3) is 0.158. The highest BCUT2D eigenvalue weighted by Crippen LogP contribution is 2.16. The molecule has 6 heteroatoms. The van der Waals surface area contributed by atoms with Crippen LogP contribution in [-0.2, 0) is 14.3 Å². The zero-order chi connectivity index (χ0) is 18.1. The average Bonchev–Trinajstić information content (AvgIpc) is 2.64. The van der Waals surface area contributed by atoms with E-state index in [4.69, 9.17) is 21.1 Å². The van der Waals surface area contributed by atoms with Crippen molar-refractivity contribution < 1.29 is 23.8 Å². The van der Waals surface area contributed by atoms with Gasteiger partial charge in [0.1, 0.15) is 24.7 Å². The second-order valence-electron chi connectivity index (χ2n) is 5.00. The molecule has 0 aromatic heterocycles. The van der Waals surface area contributed by atoms with Crippen molar-refractivity contribution >= 4 is 29.4 Å². The van der Waals surface area contributed by atoms with Gasteiger partial charge in [0.25, 0.3) is 0 Å². The van der Waals surface area contributed by atoms with E-state index in [1.54, 1.807) is 54.6 Å². The summed E-state index contributed by atoms with van der Waals surface area (Å²) in [4.78, 5) is 22.8. The minimum absolute atomic E-state index is 0.0818. The quantitative estimate of drug-likeness (QED) is 0.532. The maximum Gasteiger partial charge on any atom is 0.330 e. The van der Waals surface area contributed by atoms with E-state index in [9.17, 15) is 9.59 Å². The molecule has 0 N–H and O–H groups in total. The van der Waals surface area contributed by atoms with E-state index in [2.05, 4.69) is 4.74 Å². The molecule has 5 nitrogen and oxygen atoms in total. The fourth-order valence-corrected chi connectivity index (χ4v) is 1.93. The molecule has 0 radical (unpaired) electrons. The molecule has 130 valence electrons. The number of Topliss-reactive ketones (excluding diaryl/α,β-unsaturated/α-hetero) is 1. The van der Waals surface area contributed by atoms with Gasteiger partial charge in [-0.05, 0) is 48.0 Å². The standard InChI is InChI=1S/C19H17ClO5/c1-23-19(22)11-4-14-2-7-17(8-3-14)24-12-16(21)13-25-18-9-5-15(20)6-10-18/h2-11H,12-13H2,1H3. The van der Waals surface area contributed by atoms with Crippen LogP contribution in [0, 0.1) is 0 Å². The molecule has 0 saturated carbocycles. The van der Waals surface area contributed by atoms with Crippen LogP contribution in [0.1, 0.15) is 5.56 Å². The van der Waals surface area contributed by atoms with E-state index in [0.29, 0.717) is 16.5 Å². The molecule has 0 fully saturated rings. The van der Waals surface area contributed by atoms with Gasteiger partial charge in [-0.2, -0.15) is 0 Å². The molecule has 0 saturated heterocycles. The zero-order valence-electron chi connectivity index (χ0n) is 13.6. The van der Waals surface area contributed by atoms with Crippen LogP contribution in [0.3, 0.4) is 0 Å². The van der Waals surface area contributed by atoms with Gasteiger partial charge in [0.05, 0.1) is 7.11 Å². The van der Waals surface area contributed by atoms with Crippen LogP contribution >= 0.6 is 11.6 Å². The topological polar surface area (TPSA) is 61.8 Å². The van der Waals surface area contributed by atoms with Crippen LogP contribution in [0.4, 0.5) is 0 Å². The Kier molecular flexibility index (Phi) is 7.04. The number of benzene rings is 2. The van der Waals surface area contributed by atoms with Gasteiger partial charge in [-0.3, -0.25) is 4.79 Å². The summed E-state index contributed by atoms with van der Waals surface area (Å²) in [5.41, 5.74) is 0.815. The van der Waals surface area contributed by atoms with Gasteiger partial charge in [-0.15, -0.1) is 0 Å². The number of methoxy groups -OCH3 is 1. The lowest BCUT2D eigenvalue weighted by molar-refractivity contribution is -0.134. The maximum atomic E-state index is 11.8. The molecule has 0 heterocycles. The number of esters is 1. The number of rotatable bonds is 8. The lowest BCUT2D eigenvalue weighted by atomic mass is 10.2. The highest BCUT2D eigenvalue weighted by Gasteiger charge is 2.05. The Hall–Kier alpha value is -2.79. The molecule has 0 aliphatic rings. The molecule has 2 rings (SSSR count). The van der Waals surface area contributed by atoms with Crippen molar-refractivity contribution in [3.8, 4) is 11.5 Å². The number of carbonyl (C=O) groups is 2. The second-order valence-corrected chi connectivity index (χ2v) is 5.43. The summed E-state index contributed by atoms with van der Waals surface area (Å²) in [6.07, 6.45) is 2.95. The molecule has 2 aromatic rings. The van der Waals surface area contributed by atoms with Crippen molar-refractivity contribution in [2.45, 2.75) is 0 Å². The Morgan fingerprint density at radius 1 is 0.920 bits per heavy atom. The summed E-state index contributed by atoms with van der Waals surface area (Å²) >= 11 is 5.78. The minimum atomic E-state index is -0.424.